The molecule has 4 heteroatoms. The Balaban J connectivity index is 1.91. The van der Waals surface area contributed by atoms with Crippen molar-refractivity contribution in [3.8, 4) is 0 Å². The Kier molecular flexibility index (Phi) is 6.08. The fourth-order valence-corrected chi connectivity index (χ4v) is 3.61. The molecule has 1 fully saturated rings. The number of nitrogens with zero attached hydrogens (tertiary/aromatic N) is 2. The molecule has 1 saturated heterocycles. The van der Waals surface area contributed by atoms with E-state index in [-0.39, 0.29) is 0 Å². The van der Waals surface area contributed by atoms with Gasteiger partial charge in [-0.2, -0.15) is 11.8 Å². The molecule has 0 aliphatic carbocycles. The third-order valence-corrected chi connectivity index (χ3v) is 5.24. The van der Waals surface area contributed by atoms with Crippen LogP contribution in [-0.2, 0) is 13.1 Å². The number of nitrogens with one attached hydrogen (secondary N) is 1. The largest absolute Gasteiger partial charge is 0.309 e. The van der Waals surface area contributed by atoms with E-state index >= 15 is 0 Å². The van der Waals surface area contributed by atoms with Crippen molar-refractivity contribution in [1.82, 2.24) is 15.2 Å². The van der Waals surface area contributed by atoms with Crippen LogP contribution in [0.4, 0.5) is 0 Å². The van der Waals surface area contributed by atoms with Crippen molar-refractivity contribution in [1.29, 1.82) is 0 Å². The van der Waals surface area contributed by atoms with E-state index in [9.17, 15) is 0 Å². The molecule has 0 aromatic carbocycles. The van der Waals surface area contributed by atoms with Crippen molar-refractivity contribution < 1.29 is 0 Å². The number of rotatable bonds is 5. The van der Waals surface area contributed by atoms with Crippen LogP contribution in [0.15, 0.2) is 18.2 Å². The van der Waals surface area contributed by atoms with Crippen LogP contribution < -0.4 is 5.32 Å². The molecule has 0 bridgehead atoms. The molecule has 0 spiro atoms. The molecule has 1 aliphatic heterocycles. The molecule has 118 valence electrons. The normalized spacial score (nSPS) is 19.7. The van der Waals surface area contributed by atoms with E-state index < -0.39 is 0 Å². The van der Waals surface area contributed by atoms with Crippen molar-refractivity contribution in [2.45, 2.75) is 58.0 Å². The summed E-state index contributed by atoms with van der Waals surface area (Å²) >= 11 is 2.10. The number of hydrogen-bond acceptors (Lipinski definition) is 4. The summed E-state index contributed by atoms with van der Waals surface area (Å²) in [6, 6.07) is 6.90. The van der Waals surface area contributed by atoms with E-state index in [0.29, 0.717) is 10.8 Å². The van der Waals surface area contributed by atoms with E-state index in [4.69, 9.17) is 4.98 Å². The van der Waals surface area contributed by atoms with E-state index in [1.54, 1.807) is 0 Å². The molecule has 1 aliphatic rings. The summed E-state index contributed by atoms with van der Waals surface area (Å²) in [7, 11) is 0. The molecule has 0 amide bonds. The second-order valence-electron chi connectivity index (χ2n) is 6.79. The van der Waals surface area contributed by atoms with Gasteiger partial charge in [-0.3, -0.25) is 9.88 Å². The highest BCUT2D eigenvalue weighted by Gasteiger charge is 2.23. The summed E-state index contributed by atoms with van der Waals surface area (Å²) in [6.07, 6.45) is 1.26. The van der Waals surface area contributed by atoms with Gasteiger partial charge < -0.3 is 5.32 Å². The van der Waals surface area contributed by atoms with Gasteiger partial charge in [0, 0.05) is 36.2 Å². The number of aromatic nitrogens is 1. The van der Waals surface area contributed by atoms with Crippen LogP contribution in [0.25, 0.3) is 0 Å². The topological polar surface area (TPSA) is 28.2 Å². The van der Waals surface area contributed by atoms with E-state index in [1.807, 2.05) is 0 Å². The molecule has 1 aromatic rings. The molecule has 0 atom stereocenters. The molecule has 0 radical (unpaired) electrons. The SMILES string of the molecule is CC(C)NCc1cccc(CN2CCSC(C)(C)CC2)n1. The van der Waals surface area contributed by atoms with Gasteiger partial charge in [0.05, 0.1) is 11.4 Å². The van der Waals surface area contributed by atoms with Gasteiger partial charge in [-0.1, -0.05) is 33.8 Å². The van der Waals surface area contributed by atoms with E-state index in [2.05, 4.69) is 67.9 Å². The average Bonchev–Trinajstić information content (AvgIpc) is 2.58. The lowest BCUT2D eigenvalue weighted by atomic mass is 10.1. The molecule has 0 unspecified atom stereocenters. The van der Waals surface area contributed by atoms with Crippen LogP contribution in [0.3, 0.4) is 0 Å². The summed E-state index contributed by atoms with van der Waals surface area (Å²) < 4.78 is 0.422. The maximum absolute atomic E-state index is 4.79. The van der Waals surface area contributed by atoms with Gasteiger partial charge in [0.1, 0.15) is 0 Å². The Labute approximate surface area is 133 Å². The van der Waals surface area contributed by atoms with E-state index in [0.717, 1.165) is 18.8 Å². The molecule has 1 aromatic heterocycles. The van der Waals surface area contributed by atoms with Crippen LogP contribution in [0, 0.1) is 0 Å². The third-order valence-electron chi connectivity index (χ3n) is 3.87. The Morgan fingerprint density at radius 3 is 2.81 bits per heavy atom. The fourth-order valence-electron chi connectivity index (χ4n) is 2.47. The van der Waals surface area contributed by atoms with Crippen molar-refractivity contribution in [3.63, 3.8) is 0 Å². The zero-order valence-corrected chi connectivity index (χ0v) is 14.7. The standard InChI is InChI=1S/C17H29N3S/c1-14(2)18-12-15-6-5-7-16(19-15)13-20-9-8-17(3,4)21-11-10-20/h5-7,14,18H,8-13H2,1-4H3. The lowest BCUT2D eigenvalue weighted by Gasteiger charge is -2.22. The third kappa shape index (κ3) is 5.97. The van der Waals surface area contributed by atoms with Gasteiger partial charge in [0.2, 0.25) is 0 Å². The predicted octanol–water partition coefficient (Wildman–Crippen LogP) is 3.30. The summed E-state index contributed by atoms with van der Waals surface area (Å²) in [4.78, 5) is 7.34. The monoisotopic (exact) mass is 307 g/mol. The first-order valence-corrected chi connectivity index (χ1v) is 8.98. The van der Waals surface area contributed by atoms with Crippen LogP contribution >= 0.6 is 11.8 Å². The summed E-state index contributed by atoms with van der Waals surface area (Å²) in [5, 5.41) is 3.43. The highest BCUT2D eigenvalue weighted by atomic mass is 32.2. The first-order valence-electron chi connectivity index (χ1n) is 7.99. The van der Waals surface area contributed by atoms with Crippen molar-refractivity contribution in [3.05, 3.63) is 29.6 Å². The second-order valence-corrected chi connectivity index (χ2v) is 8.59. The second kappa shape index (κ2) is 7.61. The highest BCUT2D eigenvalue weighted by Crippen LogP contribution is 2.30. The first kappa shape index (κ1) is 16.8. The summed E-state index contributed by atoms with van der Waals surface area (Å²) in [6.45, 7) is 13.2. The maximum Gasteiger partial charge on any atom is 0.0547 e. The smallest absolute Gasteiger partial charge is 0.0547 e. The molecule has 0 saturated carbocycles. The number of thioether (sulfide) groups is 1. The van der Waals surface area contributed by atoms with E-state index in [1.165, 1.54) is 31.0 Å². The molecular weight excluding hydrogens is 278 g/mol. The summed E-state index contributed by atoms with van der Waals surface area (Å²) in [5.41, 5.74) is 2.34. The number of pyridine rings is 1. The van der Waals surface area contributed by atoms with Crippen LogP contribution in [0.2, 0.25) is 0 Å². The zero-order chi connectivity index (χ0) is 15.3. The van der Waals surface area contributed by atoms with Gasteiger partial charge in [0.15, 0.2) is 0 Å². The highest BCUT2D eigenvalue weighted by molar-refractivity contribution is 8.00. The van der Waals surface area contributed by atoms with Gasteiger partial charge in [-0.15, -0.1) is 0 Å². The van der Waals surface area contributed by atoms with Crippen LogP contribution in [0.5, 0.6) is 0 Å². The Bertz CT molecular complexity index is 445. The van der Waals surface area contributed by atoms with Crippen LogP contribution in [-0.4, -0.2) is 39.5 Å². The molecule has 2 heterocycles. The average molecular weight is 308 g/mol. The van der Waals surface area contributed by atoms with Crippen molar-refractivity contribution >= 4 is 11.8 Å². The molecule has 1 N–H and O–H groups in total. The quantitative estimate of drug-likeness (QED) is 0.903. The fraction of sp³-hybridized carbons (Fsp3) is 0.706. The summed E-state index contributed by atoms with van der Waals surface area (Å²) in [5.74, 6) is 1.22. The molecule has 2 rings (SSSR count). The van der Waals surface area contributed by atoms with Gasteiger partial charge in [-0.05, 0) is 25.1 Å². The maximum atomic E-state index is 4.79. The van der Waals surface area contributed by atoms with Crippen molar-refractivity contribution in [2.24, 2.45) is 0 Å². The predicted molar refractivity (Wildman–Crippen MR) is 92.6 cm³/mol. The van der Waals surface area contributed by atoms with Crippen LogP contribution in [0.1, 0.15) is 45.5 Å². The minimum absolute atomic E-state index is 0.422. The lowest BCUT2D eigenvalue weighted by molar-refractivity contribution is 0.273. The minimum Gasteiger partial charge on any atom is -0.309 e. The molecular formula is C17H29N3S. The molecule has 3 nitrogen and oxygen atoms in total. The van der Waals surface area contributed by atoms with Gasteiger partial charge in [-0.25, -0.2) is 0 Å². The Morgan fingerprint density at radius 2 is 2.05 bits per heavy atom. The minimum atomic E-state index is 0.422. The van der Waals surface area contributed by atoms with Gasteiger partial charge in [0.25, 0.3) is 0 Å². The lowest BCUT2D eigenvalue weighted by Crippen LogP contribution is -2.27. The number of hydrogen-bond donors (Lipinski definition) is 1. The Hall–Kier alpha value is -0.580. The van der Waals surface area contributed by atoms with Gasteiger partial charge >= 0.3 is 0 Å². The Morgan fingerprint density at radius 1 is 1.29 bits per heavy atom. The zero-order valence-electron chi connectivity index (χ0n) is 13.9. The van der Waals surface area contributed by atoms with Crippen molar-refractivity contribution in [2.75, 3.05) is 18.8 Å². The molecule has 21 heavy (non-hydrogen) atoms. The first-order chi connectivity index (χ1) is 9.94.